The maximum Gasteiger partial charge on any atom is 0.270 e. The summed E-state index contributed by atoms with van der Waals surface area (Å²) in [5.74, 6) is 1.36. The van der Waals surface area contributed by atoms with Gasteiger partial charge >= 0.3 is 0 Å². The van der Waals surface area contributed by atoms with Crippen LogP contribution in [0.25, 0.3) is 0 Å². The Morgan fingerprint density at radius 1 is 1.48 bits per heavy atom. The highest BCUT2D eigenvalue weighted by atomic mass is 35.5. The molecule has 0 saturated heterocycles. The molecule has 1 aromatic carbocycles. The molecule has 2 aromatic rings. The predicted octanol–water partition coefficient (Wildman–Crippen LogP) is 2.40. The van der Waals surface area contributed by atoms with Gasteiger partial charge in [0.15, 0.2) is 5.16 Å². The Balaban J connectivity index is 2.11. The molecule has 0 amide bonds. The molecule has 9 heteroatoms. The Labute approximate surface area is 130 Å². The van der Waals surface area contributed by atoms with Crippen LogP contribution in [-0.4, -0.2) is 26.2 Å². The van der Waals surface area contributed by atoms with E-state index in [1.165, 1.54) is 23.9 Å². The van der Waals surface area contributed by atoms with Crippen molar-refractivity contribution in [1.29, 1.82) is 0 Å². The first-order chi connectivity index (χ1) is 10.0. The molecule has 0 bridgehead atoms. The van der Waals surface area contributed by atoms with E-state index in [1.807, 2.05) is 11.5 Å². The van der Waals surface area contributed by atoms with Crippen molar-refractivity contribution < 1.29 is 4.92 Å². The number of non-ortho nitro benzene ring substituents is 1. The quantitative estimate of drug-likeness (QED) is 0.497. The van der Waals surface area contributed by atoms with Crippen LogP contribution in [-0.2, 0) is 12.3 Å². The molecule has 2 N–H and O–H groups in total. The zero-order valence-electron chi connectivity index (χ0n) is 11.3. The van der Waals surface area contributed by atoms with Gasteiger partial charge in [-0.3, -0.25) is 10.1 Å². The zero-order valence-corrected chi connectivity index (χ0v) is 12.9. The van der Waals surface area contributed by atoms with Crippen LogP contribution in [0.15, 0.2) is 23.4 Å². The largest absolute Gasteiger partial charge is 0.329 e. The average molecular weight is 328 g/mol. The van der Waals surface area contributed by atoms with Gasteiger partial charge in [0.2, 0.25) is 0 Å². The van der Waals surface area contributed by atoms with Crippen molar-refractivity contribution in [2.75, 3.05) is 6.54 Å². The van der Waals surface area contributed by atoms with Gasteiger partial charge in [0, 0.05) is 31.0 Å². The SMILES string of the molecule is Cc1nnc(SCc2ccc([N+](=O)[O-])cc2Cl)n1CCN. The monoisotopic (exact) mass is 327 g/mol. The highest BCUT2D eigenvalue weighted by Crippen LogP contribution is 2.28. The van der Waals surface area contributed by atoms with E-state index >= 15 is 0 Å². The second kappa shape index (κ2) is 6.88. The molecule has 0 spiro atoms. The standard InChI is InChI=1S/C12H14ClN5O2S/c1-8-15-16-12(17(8)5-4-14)21-7-9-2-3-10(18(19)20)6-11(9)13/h2-3,6H,4-5,7,14H2,1H3. The minimum Gasteiger partial charge on any atom is -0.329 e. The van der Waals surface area contributed by atoms with E-state index in [0.29, 0.717) is 23.9 Å². The first kappa shape index (κ1) is 15.7. The highest BCUT2D eigenvalue weighted by Gasteiger charge is 2.12. The third kappa shape index (κ3) is 3.72. The molecule has 0 radical (unpaired) electrons. The topological polar surface area (TPSA) is 99.9 Å². The fourth-order valence-electron chi connectivity index (χ4n) is 1.76. The summed E-state index contributed by atoms with van der Waals surface area (Å²) in [6.07, 6.45) is 0. The molecule has 7 nitrogen and oxygen atoms in total. The van der Waals surface area contributed by atoms with Crippen molar-refractivity contribution in [2.45, 2.75) is 24.4 Å². The molecule has 0 aliphatic carbocycles. The summed E-state index contributed by atoms with van der Waals surface area (Å²) in [7, 11) is 0. The van der Waals surface area contributed by atoms with Gasteiger partial charge in [-0.05, 0) is 18.6 Å². The van der Waals surface area contributed by atoms with Gasteiger partial charge in [-0.1, -0.05) is 23.4 Å². The van der Waals surface area contributed by atoms with E-state index in [-0.39, 0.29) is 5.69 Å². The fraction of sp³-hybridized carbons (Fsp3) is 0.333. The Bertz CT molecular complexity index is 661. The molecular formula is C12H14ClN5O2S. The summed E-state index contributed by atoms with van der Waals surface area (Å²) in [6.45, 7) is 3.02. The second-order valence-corrected chi connectivity index (χ2v) is 5.64. The van der Waals surface area contributed by atoms with Crippen molar-refractivity contribution in [2.24, 2.45) is 5.73 Å². The number of thioether (sulfide) groups is 1. The summed E-state index contributed by atoms with van der Waals surface area (Å²) in [5, 5.41) is 19.9. The highest BCUT2D eigenvalue weighted by molar-refractivity contribution is 7.98. The van der Waals surface area contributed by atoms with Crippen molar-refractivity contribution in [1.82, 2.24) is 14.8 Å². The van der Waals surface area contributed by atoms with Crippen LogP contribution in [0, 0.1) is 17.0 Å². The van der Waals surface area contributed by atoms with Crippen LogP contribution >= 0.6 is 23.4 Å². The first-order valence-electron chi connectivity index (χ1n) is 6.18. The van der Waals surface area contributed by atoms with E-state index in [0.717, 1.165) is 16.5 Å². The van der Waals surface area contributed by atoms with Gasteiger partial charge in [0.25, 0.3) is 5.69 Å². The van der Waals surface area contributed by atoms with E-state index in [9.17, 15) is 10.1 Å². The number of halogens is 1. The lowest BCUT2D eigenvalue weighted by atomic mass is 10.2. The molecule has 0 atom stereocenters. The summed E-state index contributed by atoms with van der Waals surface area (Å²) >= 11 is 7.53. The van der Waals surface area contributed by atoms with Crippen LogP contribution < -0.4 is 5.73 Å². The maximum absolute atomic E-state index is 10.7. The Hall–Kier alpha value is -1.64. The minimum absolute atomic E-state index is 0.0177. The van der Waals surface area contributed by atoms with Crippen molar-refractivity contribution in [3.8, 4) is 0 Å². The van der Waals surface area contributed by atoms with Crippen LogP contribution in [0.4, 0.5) is 5.69 Å². The Morgan fingerprint density at radius 3 is 2.86 bits per heavy atom. The van der Waals surface area contributed by atoms with Gasteiger partial charge < -0.3 is 10.3 Å². The zero-order chi connectivity index (χ0) is 15.4. The third-order valence-corrected chi connectivity index (χ3v) is 4.23. The van der Waals surface area contributed by atoms with Gasteiger partial charge in [0.05, 0.1) is 9.95 Å². The van der Waals surface area contributed by atoms with Crippen LogP contribution in [0.5, 0.6) is 0 Å². The number of nitrogens with two attached hydrogens (primary N) is 1. The third-order valence-electron chi connectivity index (χ3n) is 2.86. The number of hydrogen-bond donors (Lipinski definition) is 1. The molecule has 112 valence electrons. The van der Waals surface area contributed by atoms with E-state index in [2.05, 4.69) is 10.2 Å². The molecule has 1 heterocycles. The van der Waals surface area contributed by atoms with Crippen LogP contribution in [0.2, 0.25) is 5.02 Å². The number of nitro groups is 1. The lowest BCUT2D eigenvalue weighted by molar-refractivity contribution is -0.384. The summed E-state index contributed by atoms with van der Waals surface area (Å²) in [5.41, 5.74) is 6.36. The molecule has 0 aliphatic rings. The summed E-state index contributed by atoms with van der Waals surface area (Å²) in [6, 6.07) is 4.45. The summed E-state index contributed by atoms with van der Waals surface area (Å²) < 4.78 is 1.93. The van der Waals surface area contributed by atoms with E-state index < -0.39 is 4.92 Å². The van der Waals surface area contributed by atoms with Gasteiger partial charge in [0.1, 0.15) is 5.82 Å². The number of hydrogen-bond acceptors (Lipinski definition) is 6. The molecule has 1 aromatic heterocycles. The Morgan fingerprint density at radius 2 is 2.24 bits per heavy atom. The second-order valence-electron chi connectivity index (χ2n) is 4.29. The van der Waals surface area contributed by atoms with Crippen molar-refractivity contribution >= 4 is 29.1 Å². The lowest BCUT2D eigenvalue weighted by Gasteiger charge is -2.07. The van der Waals surface area contributed by atoms with Gasteiger partial charge in [-0.2, -0.15) is 0 Å². The number of nitrogens with zero attached hydrogens (tertiary/aromatic N) is 4. The maximum atomic E-state index is 10.7. The molecule has 21 heavy (non-hydrogen) atoms. The number of aromatic nitrogens is 3. The predicted molar refractivity (Wildman–Crippen MR) is 81.5 cm³/mol. The van der Waals surface area contributed by atoms with E-state index in [1.54, 1.807) is 6.07 Å². The molecular weight excluding hydrogens is 314 g/mol. The lowest BCUT2D eigenvalue weighted by Crippen LogP contribution is -2.12. The molecule has 0 unspecified atom stereocenters. The molecule has 0 saturated carbocycles. The normalized spacial score (nSPS) is 10.8. The van der Waals surface area contributed by atoms with Crippen LogP contribution in [0.3, 0.4) is 0 Å². The first-order valence-corrected chi connectivity index (χ1v) is 7.54. The van der Waals surface area contributed by atoms with Gasteiger partial charge in [-0.15, -0.1) is 10.2 Å². The minimum atomic E-state index is -0.468. The molecule has 0 aliphatic heterocycles. The van der Waals surface area contributed by atoms with E-state index in [4.69, 9.17) is 17.3 Å². The Kier molecular flexibility index (Phi) is 5.16. The van der Waals surface area contributed by atoms with Crippen LogP contribution in [0.1, 0.15) is 11.4 Å². The summed E-state index contributed by atoms with van der Waals surface area (Å²) in [4.78, 5) is 10.2. The average Bonchev–Trinajstić information content (AvgIpc) is 2.79. The van der Waals surface area contributed by atoms with Crippen molar-refractivity contribution in [3.05, 3.63) is 44.7 Å². The number of aryl methyl sites for hydroxylation is 1. The fourth-order valence-corrected chi connectivity index (χ4v) is 3.10. The number of rotatable bonds is 6. The smallest absolute Gasteiger partial charge is 0.270 e. The molecule has 2 rings (SSSR count). The van der Waals surface area contributed by atoms with Crippen molar-refractivity contribution in [3.63, 3.8) is 0 Å². The van der Waals surface area contributed by atoms with Gasteiger partial charge in [-0.25, -0.2) is 0 Å². The number of nitro benzene ring substituents is 1. The number of benzene rings is 1. The molecule has 0 fully saturated rings.